The molecule has 0 spiro atoms. The van der Waals surface area contributed by atoms with E-state index in [-0.39, 0.29) is 38.9 Å². The second-order valence-corrected chi connectivity index (χ2v) is 8.58. The van der Waals surface area contributed by atoms with Gasteiger partial charge in [-0.2, -0.15) is 8.42 Å². The minimum Gasteiger partial charge on any atom is -0.496 e. The summed E-state index contributed by atoms with van der Waals surface area (Å²) in [5.41, 5.74) is 0.578. The Kier molecular flexibility index (Phi) is 5.31. The zero-order valence-corrected chi connectivity index (χ0v) is 17.8. The fraction of sp³-hybridized carbons (Fsp3) is 0.0870. The van der Waals surface area contributed by atoms with Crippen LogP contribution in [0.25, 0.3) is 33.2 Å². The molecule has 0 atom stereocenters. The minimum absolute atomic E-state index is 0.0339. The number of aromatic amines is 1. The summed E-state index contributed by atoms with van der Waals surface area (Å²) in [6, 6.07) is 11.7. The largest absolute Gasteiger partial charge is 0.496 e. The summed E-state index contributed by atoms with van der Waals surface area (Å²) in [6.45, 7) is 1.58. The molecule has 0 aliphatic heterocycles. The van der Waals surface area contributed by atoms with Gasteiger partial charge in [-0.05, 0) is 54.4 Å². The number of halogens is 2. The average molecular weight is 457 g/mol. The Balaban J connectivity index is 2.07. The summed E-state index contributed by atoms with van der Waals surface area (Å²) in [6.07, 6.45) is 0. The Morgan fingerprint density at radius 3 is 2.34 bits per heavy atom. The molecule has 1 heterocycles. The Labute approximate surface area is 181 Å². The summed E-state index contributed by atoms with van der Waals surface area (Å²) in [7, 11) is -3.40. The molecule has 0 saturated heterocycles. The van der Waals surface area contributed by atoms with Crippen molar-refractivity contribution in [3.05, 3.63) is 82.1 Å². The van der Waals surface area contributed by atoms with Gasteiger partial charge in [0.1, 0.15) is 22.3 Å². The number of rotatable bonds is 4. The lowest BCUT2D eigenvalue weighted by molar-refractivity contribution is 0.415. The number of ether oxygens (including phenoxy) is 1. The molecule has 0 bridgehead atoms. The summed E-state index contributed by atoms with van der Waals surface area (Å²) >= 11 is 0. The molecule has 0 aliphatic carbocycles. The highest BCUT2D eigenvalue weighted by Gasteiger charge is 2.24. The number of H-pyrrole nitrogens is 1. The molecule has 0 amide bonds. The lowest BCUT2D eigenvalue weighted by atomic mass is 9.95. The van der Waals surface area contributed by atoms with E-state index in [0.717, 1.165) is 12.1 Å². The summed E-state index contributed by atoms with van der Waals surface area (Å²) in [5, 5.41) is 0.256. The van der Waals surface area contributed by atoms with Crippen LogP contribution in [0.15, 0.2) is 64.3 Å². The molecule has 2 N–H and O–H groups in total. The van der Waals surface area contributed by atoms with E-state index in [4.69, 9.17) is 4.74 Å². The third-order valence-electron chi connectivity index (χ3n) is 5.19. The Bertz CT molecular complexity index is 1540. The number of nitrogens with one attached hydrogen (secondary N) is 1. The van der Waals surface area contributed by atoms with Crippen LogP contribution >= 0.6 is 0 Å². The second-order valence-electron chi connectivity index (χ2n) is 7.19. The van der Waals surface area contributed by atoms with Gasteiger partial charge in [0.2, 0.25) is 5.56 Å². The van der Waals surface area contributed by atoms with E-state index >= 15 is 4.39 Å². The van der Waals surface area contributed by atoms with Crippen molar-refractivity contribution in [3.63, 3.8) is 0 Å². The lowest BCUT2D eigenvalue weighted by Gasteiger charge is -2.16. The molecular formula is C23H17F2NO5S. The van der Waals surface area contributed by atoms with Crippen molar-refractivity contribution in [1.82, 2.24) is 4.98 Å². The number of methoxy groups -OCH3 is 1. The zero-order valence-electron chi connectivity index (χ0n) is 16.9. The van der Waals surface area contributed by atoms with E-state index in [1.54, 1.807) is 13.0 Å². The maximum Gasteiger partial charge on any atom is 0.295 e. The Morgan fingerprint density at radius 1 is 0.938 bits per heavy atom. The smallest absolute Gasteiger partial charge is 0.295 e. The SMILES string of the molecule is COc1cc(-c2ccc(C)c(F)c2)c(F)cc1-c1c(S(=O)(=O)O)ccc2[nH]c(=O)ccc12. The first kappa shape index (κ1) is 21.7. The summed E-state index contributed by atoms with van der Waals surface area (Å²) in [5.74, 6) is -1.17. The number of hydrogen-bond acceptors (Lipinski definition) is 4. The van der Waals surface area contributed by atoms with E-state index in [1.807, 2.05) is 0 Å². The van der Waals surface area contributed by atoms with Crippen LogP contribution in [0.4, 0.5) is 8.78 Å². The normalized spacial score (nSPS) is 11.7. The highest BCUT2D eigenvalue weighted by Crippen LogP contribution is 2.42. The summed E-state index contributed by atoms with van der Waals surface area (Å²) in [4.78, 5) is 13.8. The molecule has 0 saturated carbocycles. The van der Waals surface area contributed by atoms with Crippen LogP contribution in [0.1, 0.15) is 5.56 Å². The van der Waals surface area contributed by atoms with Crippen molar-refractivity contribution in [2.45, 2.75) is 11.8 Å². The van der Waals surface area contributed by atoms with E-state index in [2.05, 4.69) is 4.98 Å². The number of pyridine rings is 1. The molecule has 3 aromatic carbocycles. The fourth-order valence-electron chi connectivity index (χ4n) is 3.61. The first-order valence-electron chi connectivity index (χ1n) is 9.38. The van der Waals surface area contributed by atoms with Crippen LogP contribution in [0.3, 0.4) is 0 Å². The van der Waals surface area contributed by atoms with Gasteiger partial charge < -0.3 is 9.72 Å². The van der Waals surface area contributed by atoms with Crippen LogP contribution in [0.5, 0.6) is 5.75 Å². The number of aryl methyl sites for hydroxylation is 1. The predicted octanol–water partition coefficient (Wildman–Crippen LogP) is 4.70. The third-order valence-corrected chi connectivity index (χ3v) is 6.08. The second kappa shape index (κ2) is 7.85. The Morgan fingerprint density at radius 2 is 1.69 bits per heavy atom. The molecule has 0 unspecified atom stereocenters. The molecule has 6 nitrogen and oxygen atoms in total. The topological polar surface area (TPSA) is 96.5 Å². The third kappa shape index (κ3) is 3.76. The van der Waals surface area contributed by atoms with E-state index in [9.17, 15) is 22.2 Å². The van der Waals surface area contributed by atoms with Crippen LogP contribution in [-0.2, 0) is 10.1 Å². The fourth-order valence-corrected chi connectivity index (χ4v) is 4.32. The highest BCUT2D eigenvalue weighted by molar-refractivity contribution is 7.86. The van der Waals surface area contributed by atoms with Gasteiger partial charge in [0.15, 0.2) is 0 Å². The van der Waals surface area contributed by atoms with Crippen molar-refractivity contribution in [2.75, 3.05) is 7.11 Å². The van der Waals surface area contributed by atoms with Crippen LogP contribution in [-0.4, -0.2) is 25.1 Å². The van der Waals surface area contributed by atoms with E-state index in [1.165, 1.54) is 43.5 Å². The quantitative estimate of drug-likeness (QED) is 0.433. The number of fused-ring (bicyclic) bond motifs is 1. The number of aromatic nitrogens is 1. The standard InChI is InChI=1S/C23H17F2NO5S/c1-12-3-4-13(9-17(12)24)15-11-20(31-2)16(10-18(15)25)23-14-5-8-22(27)26-19(14)6-7-21(23)32(28,29)30/h3-11H,1-2H3,(H,26,27)(H,28,29,30). The molecule has 4 rings (SSSR count). The molecular weight excluding hydrogens is 440 g/mol. The monoisotopic (exact) mass is 457 g/mol. The first-order chi connectivity index (χ1) is 15.1. The minimum atomic E-state index is -4.71. The molecule has 9 heteroatoms. The molecule has 0 radical (unpaired) electrons. The molecule has 4 aromatic rings. The van der Waals surface area contributed by atoms with Gasteiger partial charge >= 0.3 is 0 Å². The highest BCUT2D eigenvalue weighted by atomic mass is 32.2. The summed E-state index contributed by atoms with van der Waals surface area (Å²) < 4.78 is 68.6. The maximum atomic E-state index is 15.2. The van der Waals surface area contributed by atoms with Gasteiger partial charge in [-0.1, -0.05) is 12.1 Å². The lowest BCUT2D eigenvalue weighted by Crippen LogP contribution is -2.07. The van der Waals surface area contributed by atoms with Gasteiger partial charge in [-0.15, -0.1) is 0 Å². The van der Waals surface area contributed by atoms with Gasteiger partial charge in [0.25, 0.3) is 10.1 Å². The average Bonchev–Trinajstić information content (AvgIpc) is 2.74. The van der Waals surface area contributed by atoms with Crippen molar-refractivity contribution >= 4 is 21.0 Å². The zero-order chi connectivity index (χ0) is 23.2. The van der Waals surface area contributed by atoms with Gasteiger partial charge in [-0.25, -0.2) is 8.78 Å². The maximum absolute atomic E-state index is 15.2. The van der Waals surface area contributed by atoms with Crippen LogP contribution in [0.2, 0.25) is 0 Å². The Hall–Kier alpha value is -3.56. The molecule has 32 heavy (non-hydrogen) atoms. The van der Waals surface area contributed by atoms with Crippen molar-refractivity contribution in [1.29, 1.82) is 0 Å². The van der Waals surface area contributed by atoms with Gasteiger partial charge in [0, 0.05) is 33.7 Å². The first-order valence-corrected chi connectivity index (χ1v) is 10.8. The van der Waals surface area contributed by atoms with Crippen LogP contribution < -0.4 is 10.3 Å². The molecule has 0 fully saturated rings. The molecule has 164 valence electrons. The molecule has 0 aliphatic rings. The van der Waals surface area contributed by atoms with Crippen molar-refractivity contribution in [2.24, 2.45) is 0 Å². The van der Waals surface area contributed by atoms with Gasteiger partial charge in [0.05, 0.1) is 7.11 Å². The van der Waals surface area contributed by atoms with Crippen molar-refractivity contribution in [3.8, 4) is 28.0 Å². The van der Waals surface area contributed by atoms with Crippen molar-refractivity contribution < 1.29 is 26.5 Å². The number of hydrogen-bond donors (Lipinski definition) is 2. The molecule has 1 aromatic heterocycles. The van der Waals surface area contributed by atoms with Gasteiger partial charge in [-0.3, -0.25) is 9.35 Å². The van der Waals surface area contributed by atoms with E-state index in [0.29, 0.717) is 5.56 Å². The number of benzene rings is 3. The van der Waals surface area contributed by atoms with Crippen LogP contribution in [0, 0.1) is 18.6 Å². The predicted molar refractivity (Wildman–Crippen MR) is 116 cm³/mol. The van der Waals surface area contributed by atoms with E-state index < -0.39 is 32.2 Å².